The third-order valence-corrected chi connectivity index (χ3v) is 2.04. The third kappa shape index (κ3) is 4.42. The van der Waals surface area contributed by atoms with E-state index in [0.29, 0.717) is 0 Å². The molecule has 0 aliphatic heterocycles. The largest absolute Gasteiger partial charge is 1.00 e. The Morgan fingerprint density at radius 2 is 2.33 bits per heavy atom. The van der Waals surface area contributed by atoms with Crippen LogP contribution in [0.15, 0.2) is 10.9 Å². The van der Waals surface area contributed by atoms with Crippen LogP contribution in [0.25, 0.3) is 0 Å². The average Bonchev–Trinajstić information content (AvgIpc) is 2.15. The van der Waals surface area contributed by atoms with Crippen molar-refractivity contribution in [3.8, 4) is 0 Å². The summed E-state index contributed by atoms with van der Waals surface area (Å²) in [5.74, 6) is -0.800. The molecule has 0 bridgehead atoms. The number of halogens is 1. The molecule has 0 fully saturated rings. The molecule has 62 valence electrons. The summed E-state index contributed by atoms with van der Waals surface area (Å²) in [4.78, 5) is 10.2. The molecular weight excluding hydrogens is 209 g/mol. The van der Waals surface area contributed by atoms with E-state index in [2.05, 4.69) is 0 Å². The molecule has 0 unspecified atom stereocenters. The number of carbonyl (C=O) groups is 1. The van der Waals surface area contributed by atoms with Crippen LogP contribution < -0.4 is 34.1 Å². The number of carboxylic acids is 1. The number of aliphatic carboxylic acids is 1. The van der Waals surface area contributed by atoms with Crippen LogP contribution in [0.4, 0.5) is 0 Å². The summed E-state index contributed by atoms with van der Waals surface area (Å²) in [6.07, 6.45) is 0. The average molecular weight is 218 g/mol. The number of thiazole rings is 1. The molecule has 0 aliphatic rings. The summed E-state index contributed by atoms with van der Waals surface area (Å²) in [5.41, 5.74) is 2.79. The molecule has 1 rings (SSSR count). The molecule has 6 heteroatoms. The van der Waals surface area contributed by atoms with E-state index in [-0.39, 0.29) is 48.5 Å². The van der Waals surface area contributed by atoms with Crippen molar-refractivity contribution in [3.05, 3.63) is 16.6 Å². The van der Waals surface area contributed by atoms with Crippen molar-refractivity contribution in [1.82, 2.24) is 0 Å². The maximum absolute atomic E-state index is 10.2. The van der Waals surface area contributed by atoms with Crippen LogP contribution in [-0.4, -0.2) is 11.1 Å². The summed E-state index contributed by atoms with van der Waals surface area (Å²) >= 11 is 1.51. The molecule has 1 aromatic heterocycles. The predicted octanol–water partition coefficient (Wildman–Crippen LogP) is -2.15. The van der Waals surface area contributed by atoms with Crippen molar-refractivity contribution in [2.45, 2.75) is 13.5 Å². The zero-order valence-corrected chi connectivity index (χ0v) is 10.6. The maximum atomic E-state index is 10.2. The number of rotatable bonds is 2. The zero-order chi connectivity index (χ0) is 7.56. The van der Waals surface area contributed by atoms with Gasteiger partial charge in [0.15, 0.2) is 5.69 Å². The van der Waals surface area contributed by atoms with Crippen LogP contribution in [0.5, 0.6) is 0 Å². The van der Waals surface area contributed by atoms with Crippen LogP contribution in [-0.2, 0) is 11.3 Å². The van der Waals surface area contributed by atoms with Gasteiger partial charge in [0.05, 0.1) is 5.38 Å². The fourth-order valence-electron chi connectivity index (χ4n) is 0.661. The van der Waals surface area contributed by atoms with Gasteiger partial charge in [-0.25, -0.2) is 4.79 Å². The van der Waals surface area contributed by atoms with Gasteiger partial charge in [-0.1, -0.05) is 11.3 Å². The Kier molecular flexibility index (Phi) is 8.51. The molecule has 1 aromatic rings. The minimum Gasteiger partial charge on any atom is -0.477 e. The summed E-state index contributed by atoms with van der Waals surface area (Å²) < 4.78 is 1.70. The molecule has 1 heterocycles. The molecule has 12 heavy (non-hydrogen) atoms. The molecule has 0 aliphatic carbocycles. The first-order valence-corrected chi connectivity index (χ1v) is 3.78. The summed E-state index contributed by atoms with van der Waals surface area (Å²) in [6, 6.07) is 0. The second-order valence-corrected chi connectivity index (χ2v) is 2.74. The number of hydrogen-bond acceptors (Lipinski definition) is 2. The van der Waals surface area contributed by atoms with Gasteiger partial charge in [-0.3, -0.25) is 0 Å². The van der Waals surface area contributed by atoms with E-state index in [1.165, 1.54) is 11.3 Å². The molecule has 0 saturated heterocycles. The Hall–Kier alpha value is 0.390. The molecule has 0 spiro atoms. The number of hydrogen-bond donors (Lipinski definition) is 1. The second kappa shape index (κ2) is 6.86. The predicted molar refractivity (Wildman–Crippen MR) is 44.1 cm³/mol. The van der Waals surface area contributed by atoms with Gasteiger partial charge >= 0.3 is 35.5 Å². The molecular formula is C6H9ClNNaO2S+2. The van der Waals surface area contributed by atoms with Crippen molar-refractivity contribution in [1.29, 1.82) is 0 Å². The Morgan fingerprint density at radius 1 is 1.75 bits per heavy atom. The van der Waals surface area contributed by atoms with E-state index in [1.54, 1.807) is 10.1 Å². The molecule has 3 nitrogen and oxygen atoms in total. The molecule has 0 amide bonds. The topological polar surface area (TPSA) is 41.2 Å². The first-order valence-electron chi connectivity index (χ1n) is 2.84. The van der Waals surface area contributed by atoms with Crippen molar-refractivity contribution in [3.63, 3.8) is 0 Å². The van der Waals surface area contributed by atoms with Crippen LogP contribution in [0, 0.1) is 6.92 Å². The zero-order valence-electron chi connectivity index (χ0n) is 6.98. The third-order valence-electron chi connectivity index (χ3n) is 1.19. The SMILES string of the molecule is Cc1csc[n+]1CC(=O)O.Cl.[Na+]. The first-order chi connectivity index (χ1) is 4.70. The molecule has 1 N–H and O–H groups in total. The van der Waals surface area contributed by atoms with Gasteiger partial charge < -0.3 is 5.11 Å². The van der Waals surface area contributed by atoms with Crippen molar-refractivity contribution in [2.24, 2.45) is 0 Å². The van der Waals surface area contributed by atoms with E-state index in [0.717, 1.165) is 5.69 Å². The minimum absolute atomic E-state index is 0. The van der Waals surface area contributed by atoms with E-state index < -0.39 is 5.97 Å². The van der Waals surface area contributed by atoms with E-state index >= 15 is 0 Å². The molecule has 0 radical (unpaired) electrons. The van der Waals surface area contributed by atoms with E-state index in [9.17, 15) is 4.79 Å². The summed E-state index contributed by atoms with van der Waals surface area (Å²) in [5, 5.41) is 10.3. The summed E-state index contributed by atoms with van der Waals surface area (Å²) in [7, 11) is 0. The van der Waals surface area contributed by atoms with Gasteiger partial charge in [0, 0.05) is 6.92 Å². The van der Waals surface area contributed by atoms with Gasteiger partial charge in [-0.05, 0) is 0 Å². The van der Waals surface area contributed by atoms with Crippen LogP contribution in [0.3, 0.4) is 0 Å². The monoisotopic (exact) mass is 217 g/mol. The first kappa shape index (κ1) is 14.9. The van der Waals surface area contributed by atoms with Crippen LogP contribution in [0.1, 0.15) is 5.69 Å². The van der Waals surface area contributed by atoms with Gasteiger partial charge in [-0.2, -0.15) is 4.57 Å². The Bertz CT molecular complexity index is 253. The molecule has 0 aromatic carbocycles. The van der Waals surface area contributed by atoms with Gasteiger partial charge in [0.25, 0.3) is 0 Å². The smallest absolute Gasteiger partial charge is 0.477 e. The van der Waals surface area contributed by atoms with Crippen LogP contribution >= 0.6 is 23.7 Å². The second-order valence-electron chi connectivity index (χ2n) is 2.02. The quantitative estimate of drug-likeness (QED) is 0.454. The molecule has 0 saturated carbocycles. The number of aromatic nitrogens is 1. The fraction of sp³-hybridized carbons (Fsp3) is 0.333. The van der Waals surface area contributed by atoms with Crippen molar-refractivity contribution >= 4 is 29.7 Å². The number of carboxylic acid groups (broad SMARTS) is 1. The van der Waals surface area contributed by atoms with Gasteiger partial charge in [0.1, 0.15) is 0 Å². The Morgan fingerprint density at radius 3 is 2.67 bits per heavy atom. The van der Waals surface area contributed by atoms with Crippen LogP contribution in [0.2, 0.25) is 0 Å². The van der Waals surface area contributed by atoms with Crippen molar-refractivity contribution < 1.29 is 44.0 Å². The fourth-order valence-corrected chi connectivity index (χ4v) is 1.44. The minimum atomic E-state index is -0.800. The van der Waals surface area contributed by atoms with Gasteiger partial charge in [0.2, 0.25) is 12.1 Å². The van der Waals surface area contributed by atoms with Crippen molar-refractivity contribution in [2.75, 3.05) is 0 Å². The van der Waals surface area contributed by atoms with E-state index in [1.807, 2.05) is 12.3 Å². The standard InChI is InChI=1S/C6H7NO2S.ClH.Na/c1-5-3-10-4-7(5)2-6(8)9;;/h3-4H,2H2,1H3;1H;/q;;+1/p+1. The maximum Gasteiger partial charge on any atom is 1.00 e. The summed E-state index contributed by atoms with van der Waals surface area (Å²) in [6.45, 7) is 1.95. The van der Waals surface area contributed by atoms with E-state index in [4.69, 9.17) is 5.11 Å². The normalized spacial score (nSPS) is 8.08. The number of nitrogens with zero attached hydrogens (tertiary/aromatic N) is 1. The van der Waals surface area contributed by atoms with Gasteiger partial charge in [-0.15, -0.1) is 12.4 Å². The Balaban J connectivity index is 0. The Labute approximate surface area is 103 Å². The number of aryl methyl sites for hydroxylation is 1. The molecule has 0 atom stereocenters.